The molecule has 2 N–H and O–H groups in total. The molecule has 1 atom stereocenters. The van der Waals surface area contributed by atoms with E-state index < -0.39 is 10.0 Å². The Morgan fingerprint density at radius 1 is 1.06 bits per heavy atom. The molecule has 0 saturated carbocycles. The SMILES string of the molecule is COc1ccc(S(=O)(=O)N2CCCCC2)cc1NC(=O)CN[C@H](c1ccccc1)c1cccs1. The zero-order chi connectivity index (χ0) is 24.0. The summed E-state index contributed by atoms with van der Waals surface area (Å²) < 4.78 is 33.1. The van der Waals surface area contributed by atoms with Crippen molar-refractivity contribution in [2.45, 2.75) is 30.2 Å². The van der Waals surface area contributed by atoms with Gasteiger partial charge in [0, 0.05) is 18.0 Å². The fourth-order valence-corrected chi connectivity index (χ4v) is 6.44. The third kappa shape index (κ3) is 5.67. The minimum atomic E-state index is -3.62. The van der Waals surface area contributed by atoms with E-state index in [1.54, 1.807) is 17.4 Å². The van der Waals surface area contributed by atoms with Crippen molar-refractivity contribution >= 4 is 33.0 Å². The topological polar surface area (TPSA) is 87.7 Å². The Balaban J connectivity index is 1.49. The second kappa shape index (κ2) is 11.1. The number of carbonyl (C=O) groups excluding carboxylic acids is 1. The van der Waals surface area contributed by atoms with Gasteiger partial charge in [-0.05, 0) is 48.1 Å². The predicted molar refractivity (Wildman–Crippen MR) is 135 cm³/mol. The van der Waals surface area contributed by atoms with Crippen LogP contribution >= 0.6 is 11.3 Å². The largest absolute Gasteiger partial charge is 0.495 e. The molecule has 7 nitrogen and oxygen atoms in total. The summed E-state index contributed by atoms with van der Waals surface area (Å²) in [7, 11) is -2.13. The Labute approximate surface area is 204 Å². The lowest BCUT2D eigenvalue weighted by molar-refractivity contribution is -0.115. The Hall–Kier alpha value is -2.72. The normalized spacial score (nSPS) is 15.6. The lowest BCUT2D eigenvalue weighted by atomic mass is 10.1. The van der Waals surface area contributed by atoms with E-state index in [9.17, 15) is 13.2 Å². The van der Waals surface area contributed by atoms with E-state index in [0.717, 1.165) is 29.7 Å². The molecule has 4 rings (SSSR count). The van der Waals surface area contributed by atoms with Crippen molar-refractivity contribution in [3.8, 4) is 5.75 Å². The molecule has 1 aliphatic rings. The Morgan fingerprint density at radius 3 is 2.50 bits per heavy atom. The molecule has 0 aliphatic carbocycles. The molecule has 180 valence electrons. The summed E-state index contributed by atoms with van der Waals surface area (Å²) in [5.41, 5.74) is 1.39. The Kier molecular flexibility index (Phi) is 7.99. The lowest BCUT2D eigenvalue weighted by Crippen LogP contribution is -2.35. The third-order valence-electron chi connectivity index (χ3n) is 5.83. The van der Waals surface area contributed by atoms with E-state index in [2.05, 4.69) is 10.6 Å². The first kappa shape index (κ1) is 24.4. The van der Waals surface area contributed by atoms with Crippen LogP contribution in [0, 0.1) is 0 Å². The van der Waals surface area contributed by atoms with Crippen LogP contribution in [-0.2, 0) is 14.8 Å². The van der Waals surface area contributed by atoms with Crippen LogP contribution in [0.2, 0.25) is 0 Å². The van der Waals surface area contributed by atoms with E-state index >= 15 is 0 Å². The average Bonchev–Trinajstić information content (AvgIpc) is 3.40. The fraction of sp³-hybridized carbons (Fsp3) is 0.320. The van der Waals surface area contributed by atoms with Gasteiger partial charge in [0.05, 0.1) is 30.3 Å². The van der Waals surface area contributed by atoms with Gasteiger partial charge in [-0.15, -0.1) is 11.3 Å². The molecule has 2 heterocycles. The predicted octanol–water partition coefficient (Wildman–Crippen LogP) is 4.25. The number of methoxy groups -OCH3 is 1. The summed E-state index contributed by atoms with van der Waals surface area (Å²) >= 11 is 1.62. The number of carbonyl (C=O) groups is 1. The molecule has 0 unspecified atom stereocenters. The minimum Gasteiger partial charge on any atom is -0.495 e. The number of sulfonamides is 1. The number of hydrogen-bond acceptors (Lipinski definition) is 6. The summed E-state index contributed by atoms with van der Waals surface area (Å²) in [6, 6.07) is 18.4. The summed E-state index contributed by atoms with van der Waals surface area (Å²) in [5, 5.41) is 8.15. The zero-order valence-electron chi connectivity index (χ0n) is 19.1. The number of anilines is 1. The van der Waals surface area contributed by atoms with Crippen LogP contribution in [0.25, 0.3) is 0 Å². The summed E-state index contributed by atoms with van der Waals surface area (Å²) in [4.78, 5) is 14.1. The third-order valence-corrected chi connectivity index (χ3v) is 8.66. The van der Waals surface area contributed by atoms with Crippen LogP contribution in [0.5, 0.6) is 5.75 Å². The Morgan fingerprint density at radius 2 is 1.82 bits per heavy atom. The molecular formula is C25H29N3O4S2. The fourth-order valence-electron chi connectivity index (χ4n) is 4.07. The molecule has 1 aromatic heterocycles. The molecule has 1 amide bonds. The van der Waals surface area contributed by atoms with Crippen molar-refractivity contribution in [3.63, 3.8) is 0 Å². The average molecular weight is 500 g/mol. The lowest BCUT2D eigenvalue weighted by Gasteiger charge is -2.26. The van der Waals surface area contributed by atoms with Crippen LogP contribution in [0.1, 0.15) is 35.7 Å². The van der Waals surface area contributed by atoms with Gasteiger partial charge in [0.2, 0.25) is 15.9 Å². The molecule has 1 fully saturated rings. The highest BCUT2D eigenvalue weighted by Gasteiger charge is 2.27. The number of amides is 1. The molecule has 9 heteroatoms. The van der Waals surface area contributed by atoms with Gasteiger partial charge in [0.1, 0.15) is 5.75 Å². The number of ether oxygens (including phenoxy) is 1. The van der Waals surface area contributed by atoms with Gasteiger partial charge < -0.3 is 10.1 Å². The van der Waals surface area contributed by atoms with Crippen LogP contribution in [-0.4, -0.2) is 45.4 Å². The number of nitrogens with one attached hydrogen (secondary N) is 2. The first-order chi connectivity index (χ1) is 16.5. The first-order valence-corrected chi connectivity index (χ1v) is 13.6. The van der Waals surface area contributed by atoms with E-state index in [-0.39, 0.29) is 23.4 Å². The molecule has 34 heavy (non-hydrogen) atoms. The number of thiophene rings is 1. The Bertz CT molecular complexity index is 1190. The zero-order valence-corrected chi connectivity index (χ0v) is 20.7. The van der Waals surface area contributed by atoms with Gasteiger partial charge in [0.15, 0.2) is 0 Å². The summed E-state index contributed by atoms with van der Waals surface area (Å²) in [6.45, 7) is 1.08. The highest BCUT2D eigenvalue weighted by molar-refractivity contribution is 7.89. The highest BCUT2D eigenvalue weighted by Crippen LogP contribution is 2.30. The second-order valence-electron chi connectivity index (χ2n) is 8.12. The molecule has 2 aromatic carbocycles. The second-order valence-corrected chi connectivity index (χ2v) is 11.0. The maximum absolute atomic E-state index is 13.1. The van der Waals surface area contributed by atoms with Crippen molar-refractivity contribution in [3.05, 3.63) is 76.5 Å². The minimum absolute atomic E-state index is 0.0454. The van der Waals surface area contributed by atoms with Crippen molar-refractivity contribution < 1.29 is 17.9 Å². The maximum Gasteiger partial charge on any atom is 0.243 e. The molecule has 1 saturated heterocycles. The molecule has 3 aromatic rings. The molecular weight excluding hydrogens is 470 g/mol. The quantitative estimate of drug-likeness (QED) is 0.460. The first-order valence-electron chi connectivity index (χ1n) is 11.3. The number of nitrogens with zero attached hydrogens (tertiary/aromatic N) is 1. The van der Waals surface area contributed by atoms with Crippen molar-refractivity contribution in [2.75, 3.05) is 32.1 Å². The van der Waals surface area contributed by atoms with Gasteiger partial charge >= 0.3 is 0 Å². The number of rotatable bonds is 9. The molecule has 0 radical (unpaired) electrons. The van der Waals surface area contributed by atoms with Crippen molar-refractivity contribution in [1.29, 1.82) is 0 Å². The van der Waals surface area contributed by atoms with Crippen molar-refractivity contribution in [2.24, 2.45) is 0 Å². The molecule has 1 aliphatic heterocycles. The van der Waals surface area contributed by atoms with Gasteiger partial charge in [-0.25, -0.2) is 8.42 Å². The van der Waals surface area contributed by atoms with E-state index in [4.69, 9.17) is 4.74 Å². The summed E-state index contributed by atoms with van der Waals surface area (Å²) in [6.07, 6.45) is 2.76. The molecule has 0 bridgehead atoms. The van der Waals surface area contributed by atoms with Gasteiger partial charge in [-0.2, -0.15) is 4.31 Å². The standard InChI is InChI=1S/C25H29N3O4S2/c1-32-22-13-12-20(34(30,31)28-14-6-3-7-15-28)17-21(22)27-24(29)18-26-25(23-11-8-16-33-23)19-9-4-2-5-10-19/h2,4-5,8-13,16-17,25-26H,3,6-7,14-15,18H2,1H3,(H,27,29)/t25-/m1/s1. The van der Waals surface area contributed by atoms with E-state index in [0.29, 0.717) is 24.5 Å². The number of hydrogen-bond donors (Lipinski definition) is 2. The van der Waals surface area contributed by atoms with E-state index in [1.165, 1.54) is 23.5 Å². The van der Waals surface area contributed by atoms with Gasteiger partial charge in [0.25, 0.3) is 0 Å². The summed E-state index contributed by atoms with van der Waals surface area (Å²) in [5.74, 6) is 0.118. The molecule has 0 spiro atoms. The number of benzene rings is 2. The maximum atomic E-state index is 13.1. The number of piperidine rings is 1. The van der Waals surface area contributed by atoms with Crippen LogP contribution in [0.15, 0.2) is 70.9 Å². The monoisotopic (exact) mass is 499 g/mol. The van der Waals surface area contributed by atoms with Gasteiger partial charge in [-0.3, -0.25) is 10.1 Å². The van der Waals surface area contributed by atoms with Crippen LogP contribution < -0.4 is 15.4 Å². The van der Waals surface area contributed by atoms with Crippen LogP contribution in [0.3, 0.4) is 0 Å². The van der Waals surface area contributed by atoms with Crippen LogP contribution in [0.4, 0.5) is 5.69 Å². The van der Waals surface area contributed by atoms with Crippen molar-refractivity contribution in [1.82, 2.24) is 9.62 Å². The van der Waals surface area contributed by atoms with E-state index in [1.807, 2.05) is 47.8 Å². The highest BCUT2D eigenvalue weighted by atomic mass is 32.2. The smallest absolute Gasteiger partial charge is 0.243 e. The van der Waals surface area contributed by atoms with Gasteiger partial charge in [-0.1, -0.05) is 42.8 Å².